The van der Waals surface area contributed by atoms with Crippen molar-refractivity contribution in [1.82, 2.24) is 9.88 Å². The van der Waals surface area contributed by atoms with Crippen LogP contribution in [0.15, 0.2) is 83.3 Å². The number of likely N-dealkylation sites (tertiary alicyclic amines) is 1. The maximum atomic E-state index is 12.6. The SMILES string of the molecule is COc1ccc(-c2nc(C3CCN(C(=O)OCc4ccccc4)CC3)oc2-c2ccc(Cl)cc2)cc1. The van der Waals surface area contributed by atoms with Gasteiger partial charge in [0.25, 0.3) is 0 Å². The molecule has 1 saturated heterocycles. The number of aromatic nitrogens is 1. The summed E-state index contributed by atoms with van der Waals surface area (Å²) >= 11 is 6.11. The number of piperidine rings is 1. The molecule has 0 unspecified atom stereocenters. The van der Waals surface area contributed by atoms with Crippen LogP contribution in [-0.4, -0.2) is 36.2 Å². The molecule has 0 saturated carbocycles. The van der Waals surface area contributed by atoms with Gasteiger partial charge in [0.2, 0.25) is 0 Å². The Morgan fingerprint density at radius 2 is 1.64 bits per heavy atom. The van der Waals surface area contributed by atoms with Gasteiger partial charge >= 0.3 is 6.09 Å². The summed E-state index contributed by atoms with van der Waals surface area (Å²) in [6, 6.07) is 25.0. The number of amides is 1. The molecule has 36 heavy (non-hydrogen) atoms. The van der Waals surface area contributed by atoms with Crippen LogP contribution in [-0.2, 0) is 11.3 Å². The number of oxazole rings is 1. The molecule has 5 rings (SSSR count). The number of ether oxygens (including phenoxy) is 2. The molecule has 1 aromatic heterocycles. The van der Waals surface area contributed by atoms with Crippen LogP contribution < -0.4 is 4.74 Å². The number of benzene rings is 3. The minimum Gasteiger partial charge on any atom is -0.497 e. The molecule has 0 N–H and O–H groups in total. The van der Waals surface area contributed by atoms with E-state index in [-0.39, 0.29) is 18.6 Å². The average molecular weight is 503 g/mol. The first-order valence-corrected chi connectivity index (χ1v) is 12.3. The van der Waals surface area contributed by atoms with Gasteiger partial charge in [0, 0.05) is 35.2 Å². The second kappa shape index (κ2) is 10.9. The lowest BCUT2D eigenvalue weighted by atomic mass is 9.97. The van der Waals surface area contributed by atoms with E-state index < -0.39 is 0 Å². The molecule has 0 atom stereocenters. The van der Waals surface area contributed by atoms with Crippen LogP contribution in [0, 0.1) is 0 Å². The highest BCUT2D eigenvalue weighted by molar-refractivity contribution is 6.30. The standard InChI is InChI=1S/C29H27ClN2O4/c1-34-25-13-9-21(10-14-25)26-27(22-7-11-24(30)12-8-22)36-28(31-26)23-15-17-32(18-16-23)29(33)35-19-20-5-3-2-4-6-20/h2-14,23H,15-19H2,1H3. The molecule has 6 nitrogen and oxygen atoms in total. The molecule has 2 heterocycles. The van der Waals surface area contributed by atoms with Gasteiger partial charge in [0.15, 0.2) is 11.7 Å². The minimum absolute atomic E-state index is 0.112. The summed E-state index contributed by atoms with van der Waals surface area (Å²) in [6.45, 7) is 1.46. The summed E-state index contributed by atoms with van der Waals surface area (Å²) in [5.41, 5.74) is 3.60. The second-order valence-corrected chi connectivity index (χ2v) is 9.20. The lowest BCUT2D eigenvalue weighted by molar-refractivity contribution is 0.0856. The van der Waals surface area contributed by atoms with E-state index in [0.717, 1.165) is 41.0 Å². The van der Waals surface area contributed by atoms with E-state index in [2.05, 4.69) is 0 Å². The summed E-state index contributed by atoms with van der Waals surface area (Å²) in [7, 11) is 1.65. The number of nitrogens with zero attached hydrogens (tertiary/aromatic N) is 2. The van der Waals surface area contributed by atoms with E-state index >= 15 is 0 Å². The van der Waals surface area contributed by atoms with Crippen LogP contribution in [0.2, 0.25) is 5.02 Å². The fourth-order valence-electron chi connectivity index (χ4n) is 4.37. The largest absolute Gasteiger partial charge is 0.497 e. The van der Waals surface area contributed by atoms with E-state index in [1.165, 1.54) is 0 Å². The van der Waals surface area contributed by atoms with Crippen molar-refractivity contribution in [3.8, 4) is 28.3 Å². The van der Waals surface area contributed by atoms with Crippen molar-refractivity contribution in [2.24, 2.45) is 0 Å². The Morgan fingerprint density at radius 1 is 0.972 bits per heavy atom. The van der Waals surface area contributed by atoms with Crippen LogP contribution in [0.25, 0.3) is 22.6 Å². The number of halogens is 1. The molecule has 1 aliphatic heterocycles. The maximum absolute atomic E-state index is 12.6. The predicted octanol–water partition coefficient (Wildman–Crippen LogP) is 7.19. The van der Waals surface area contributed by atoms with Crippen molar-refractivity contribution in [2.75, 3.05) is 20.2 Å². The third-order valence-electron chi connectivity index (χ3n) is 6.42. The Labute approximate surface area is 215 Å². The summed E-state index contributed by atoms with van der Waals surface area (Å²) in [5.74, 6) is 2.28. The topological polar surface area (TPSA) is 64.8 Å². The van der Waals surface area contributed by atoms with Crippen LogP contribution in [0.1, 0.15) is 30.2 Å². The fourth-order valence-corrected chi connectivity index (χ4v) is 4.50. The molecule has 1 fully saturated rings. The first kappa shape index (κ1) is 23.9. The van der Waals surface area contributed by atoms with Gasteiger partial charge in [-0.15, -0.1) is 0 Å². The third kappa shape index (κ3) is 5.39. The molecule has 0 spiro atoms. The number of carbonyl (C=O) groups excluding carboxylic acids is 1. The van der Waals surface area contributed by atoms with Crippen molar-refractivity contribution < 1.29 is 18.7 Å². The Hall–Kier alpha value is -3.77. The minimum atomic E-state index is -0.287. The van der Waals surface area contributed by atoms with Crippen molar-refractivity contribution in [2.45, 2.75) is 25.4 Å². The highest BCUT2D eigenvalue weighted by Crippen LogP contribution is 2.38. The quantitative estimate of drug-likeness (QED) is 0.279. The zero-order valence-corrected chi connectivity index (χ0v) is 20.8. The predicted molar refractivity (Wildman–Crippen MR) is 139 cm³/mol. The van der Waals surface area contributed by atoms with Crippen LogP contribution in [0.3, 0.4) is 0 Å². The number of hydrogen-bond acceptors (Lipinski definition) is 5. The van der Waals surface area contributed by atoms with Gasteiger partial charge in [-0.1, -0.05) is 41.9 Å². The molecular formula is C29H27ClN2O4. The summed E-state index contributed by atoms with van der Waals surface area (Å²) in [6.07, 6.45) is 1.22. The van der Waals surface area contributed by atoms with E-state index in [1.54, 1.807) is 12.0 Å². The van der Waals surface area contributed by atoms with Crippen molar-refractivity contribution in [3.05, 3.63) is 95.3 Å². The lowest BCUT2D eigenvalue weighted by Gasteiger charge is -2.29. The van der Waals surface area contributed by atoms with Gasteiger partial charge in [-0.05, 0) is 66.9 Å². The zero-order chi connectivity index (χ0) is 24.9. The summed E-state index contributed by atoms with van der Waals surface area (Å²) in [5, 5.41) is 0.663. The van der Waals surface area contributed by atoms with Crippen LogP contribution >= 0.6 is 11.6 Å². The second-order valence-electron chi connectivity index (χ2n) is 8.77. The van der Waals surface area contributed by atoms with Gasteiger partial charge in [-0.25, -0.2) is 9.78 Å². The molecule has 0 radical (unpaired) electrons. The van der Waals surface area contributed by atoms with Gasteiger partial charge < -0.3 is 18.8 Å². The van der Waals surface area contributed by atoms with E-state index in [0.29, 0.717) is 29.8 Å². The van der Waals surface area contributed by atoms with Crippen molar-refractivity contribution >= 4 is 17.7 Å². The summed E-state index contributed by atoms with van der Waals surface area (Å²) in [4.78, 5) is 19.3. The van der Waals surface area contributed by atoms with E-state index in [9.17, 15) is 4.79 Å². The molecule has 0 aliphatic carbocycles. The van der Waals surface area contributed by atoms with E-state index in [4.69, 9.17) is 30.5 Å². The Kier molecular flexibility index (Phi) is 7.23. The number of rotatable bonds is 6. The first-order chi connectivity index (χ1) is 17.6. The molecule has 0 bridgehead atoms. The highest BCUT2D eigenvalue weighted by Gasteiger charge is 2.29. The Morgan fingerprint density at radius 3 is 2.31 bits per heavy atom. The molecule has 1 amide bonds. The smallest absolute Gasteiger partial charge is 0.410 e. The molecular weight excluding hydrogens is 476 g/mol. The van der Waals surface area contributed by atoms with Gasteiger partial charge in [-0.2, -0.15) is 0 Å². The highest BCUT2D eigenvalue weighted by atomic mass is 35.5. The molecule has 1 aliphatic rings. The number of carbonyl (C=O) groups is 1. The zero-order valence-electron chi connectivity index (χ0n) is 20.0. The first-order valence-electron chi connectivity index (χ1n) is 12.0. The monoisotopic (exact) mass is 502 g/mol. The van der Waals surface area contributed by atoms with Gasteiger partial charge in [0.05, 0.1) is 7.11 Å². The molecule has 7 heteroatoms. The lowest BCUT2D eigenvalue weighted by Crippen LogP contribution is -2.38. The van der Waals surface area contributed by atoms with Crippen molar-refractivity contribution in [1.29, 1.82) is 0 Å². The normalized spacial score (nSPS) is 14.0. The van der Waals surface area contributed by atoms with E-state index in [1.807, 2.05) is 78.9 Å². The molecule has 184 valence electrons. The molecule has 4 aromatic rings. The maximum Gasteiger partial charge on any atom is 0.410 e. The third-order valence-corrected chi connectivity index (χ3v) is 6.67. The Bertz CT molecular complexity index is 1300. The van der Waals surface area contributed by atoms with Gasteiger partial charge in [-0.3, -0.25) is 0 Å². The fraction of sp³-hybridized carbons (Fsp3) is 0.241. The van der Waals surface area contributed by atoms with Crippen LogP contribution in [0.5, 0.6) is 5.75 Å². The number of methoxy groups -OCH3 is 1. The van der Waals surface area contributed by atoms with Gasteiger partial charge in [0.1, 0.15) is 18.1 Å². The Balaban J connectivity index is 1.31. The average Bonchev–Trinajstić information content (AvgIpc) is 3.38. The van der Waals surface area contributed by atoms with Crippen molar-refractivity contribution in [3.63, 3.8) is 0 Å². The molecule has 3 aromatic carbocycles. The van der Waals surface area contributed by atoms with Crippen LogP contribution in [0.4, 0.5) is 4.79 Å². The number of hydrogen-bond donors (Lipinski definition) is 0. The summed E-state index contributed by atoms with van der Waals surface area (Å²) < 4.78 is 17.2.